The van der Waals surface area contributed by atoms with Gasteiger partial charge in [0.2, 0.25) is 0 Å². The first-order valence-corrected chi connectivity index (χ1v) is 3.29. The van der Waals surface area contributed by atoms with Crippen LogP contribution in [0.3, 0.4) is 0 Å². The summed E-state index contributed by atoms with van der Waals surface area (Å²) in [6, 6.07) is 0. The maximum atomic E-state index is 8.93. The largest absolute Gasteiger partial charge is 0.394 e. The lowest BCUT2D eigenvalue weighted by Crippen LogP contribution is -2.31. The molecule has 2 N–H and O–H groups in total. The molecule has 0 saturated heterocycles. The van der Waals surface area contributed by atoms with Gasteiger partial charge in [-0.2, -0.15) is 0 Å². The summed E-state index contributed by atoms with van der Waals surface area (Å²) in [4.78, 5) is 1.88. The van der Waals surface area contributed by atoms with Gasteiger partial charge in [0.15, 0.2) is 0 Å². The van der Waals surface area contributed by atoms with Gasteiger partial charge in [0.05, 0.1) is 12.7 Å². The van der Waals surface area contributed by atoms with Crippen LogP contribution in [0.5, 0.6) is 0 Å². The first kappa shape index (κ1) is 9.62. The van der Waals surface area contributed by atoms with Crippen LogP contribution in [0.15, 0.2) is 12.7 Å². The first-order valence-electron chi connectivity index (χ1n) is 3.29. The molecule has 3 heteroatoms. The van der Waals surface area contributed by atoms with Crippen molar-refractivity contribution in [2.24, 2.45) is 0 Å². The summed E-state index contributed by atoms with van der Waals surface area (Å²) in [5, 5.41) is 17.4. The second kappa shape index (κ2) is 5.41. The minimum atomic E-state index is -0.634. The van der Waals surface area contributed by atoms with Crippen molar-refractivity contribution >= 4 is 0 Å². The van der Waals surface area contributed by atoms with Gasteiger partial charge in [-0.3, -0.25) is 0 Å². The van der Waals surface area contributed by atoms with Crippen molar-refractivity contribution in [1.82, 2.24) is 4.90 Å². The highest BCUT2D eigenvalue weighted by Crippen LogP contribution is 1.87. The third-order valence-electron chi connectivity index (χ3n) is 1.17. The molecule has 10 heavy (non-hydrogen) atoms. The maximum absolute atomic E-state index is 8.93. The summed E-state index contributed by atoms with van der Waals surface area (Å²) in [6.45, 7) is 4.59. The topological polar surface area (TPSA) is 43.7 Å². The summed E-state index contributed by atoms with van der Waals surface area (Å²) in [6.07, 6.45) is 1.12. The lowest BCUT2D eigenvalue weighted by Gasteiger charge is -2.16. The predicted molar refractivity (Wildman–Crippen MR) is 40.8 cm³/mol. The fourth-order valence-corrected chi connectivity index (χ4v) is 0.712. The molecule has 1 atom stereocenters. The Balaban J connectivity index is 3.35. The molecule has 0 radical (unpaired) electrons. The normalized spacial score (nSPS) is 13.6. The van der Waals surface area contributed by atoms with Crippen LogP contribution in [0.1, 0.15) is 0 Å². The fraction of sp³-hybridized carbons (Fsp3) is 0.714. The van der Waals surface area contributed by atoms with Crippen molar-refractivity contribution in [1.29, 1.82) is 0 Å². The molecule has 0 spiro atoms. The molecule has 0 saturated carbocycles. The molecule has 0 aromatic heterocycles. The Bertz CT molecular complexity index is 95.6. The first-order chi connectivity index (χ1) is 4.70. The van der Waals surface area contributed by atoms with Gasteiger partial charge < -0.3 is 15.1 Å². The third-order valence-corrected chi connectivity index (χ3v) is 1.17. The van der Waals surface area contributed by atoms with Crippen molar-refractivity contribution in [3.05, 3.63) is 12.7 Å². The lowest BCUT2D eigenvalue weighted by atomic mass is 10.3. The number of aliphatic hydroxyl groups excluding tert-OH is 2. The number of hydrogen-bond acceptors (Lipinski definition) is 3. The molecule has 0 rings (SSSR count). The van der Waals surface area contributed by atoms with E-state index in [2.05, 4.69) is 6.58 Å². The van der Waals surface area contributed by atoms with Gasteiger partial charge in [-0.05, 0) is 7.05 Å². The van der Waals surface area contributed by atoms with E-state index in [-0.39, 0.29) is 6.61 Å². The molecule has 0 fully saturated rings. The Morgan fingerprint density at radius 3 is 2.70 bits per heavy atom. The molecule has 0 aromatic carbocycles. The van der Waals surface area contributed by atoms with Crippen LogP contribution in [-0.4, -0.2) is 48.0 Å². The second-order valence-corrected chi connectivity index (χ2v) is 2.35. The molecule has 0 aromatic rings. The van der Waals surface area contributed by atoms with Crippen LogP contribution in [0, 0.1) is 0 Å². The average molecular weight is 145 g/mol. The highest BCUT2D eigenvalue weighted by molar-refractivity contribution is 4.72. The summed E-state index contributed by atoms with van der Waals surface area (Å²) < 4.78 is 0. The molecule has 0 heterocycles. The quantitative estimate of drug-likeness (QED) is 0.510. The predicted octanol–water partition coefficient (Wildman–Crippen LogP) is -0.543. The Morgan fingerprint density at radius 2 is 2.30 bits per heavy atom. The Kier molecular flexibility index (Phi) is 5.20. The Morgan fingerprint density at radius 1 is 1.70 bits per heavy atom. The standard InChI is InChI=1S/C7H15NO2/c1-3-4-8(2)5-7(10)6-9/h3,7,9-10H,1,4-6H2,2H3. The maximum Gasteiger partial charge on any atom is 0.0897 e. The van der Waals surface area contributed by atoms with E-state index >= 15 is 0 Å². The number of hydrogen-bond donors (Lipinski definition) is 2. The second-order valence-electron chi connectivity index (χ2n) is 2.35. The van der Waals surface area contributed by atoms with Crippen molar-refractivity contribution < 1.29 is 10.2 Å². The van der Waals surface area contributed by atoms with E-state index in [0.717, 1.165) is 6.54 Å². The van der Waals surface area contributed by atoms with Crippen molar-refractivity contribution in [3.8, 4) is 0 Å². The van der Waals surface area contributed by atoms with E-state index in [1.165, 1.54) is 0 Å². The minimum Gasteiger partial charge on any atom is -0.394 e. The fourth-order valence-electron chi connectivity index (χ4n) is 0.712. The zero-order valence-electron chi connectivity index (χ0n) is 6.32. The van der Waals surface area contributed by atoms with Gasteiger partial charge >= 0.3 is 0 Å². The van der Waals surface area contributed by atoms with Crippen molar-refractivity contribution in [2.75, 3.05) is 26.7 Å². The van der Waals surface area contributed by atoms with Gasteiger partial charge in [-0.1, -0.05) is 6.08 Å². The van der Waals surface area contributed by atoms with Crippen LogP contribution in [0.25, 0.3) is 0 Å². The molecule has 0 bridgehead atoms. The summed E-state index contributed by atoms with van der Waals surface area (Å²) >= 11 is 0. The zero-order valence-corrected chi connectivity index (χ0v) is 6.32. The van der Waals surface area contributed by atoms with Crippen molar-refractivity contribution in [3.63, 3.8) is 0 Å². The van der Waals surface area contributed by atoms with E-state index in [9.17, 15) is 0 Å². The molecule has 1 unspecified atom stereocenters. The highest BCUT2D eigenvalue weighted by atomic mass is 16.3. The molecule has 0 aliphatic heterocycles. The van der Waals surface area contributed by atoms with Crippen LogP contribution >= 0.6 is 0 Å². The van der Waals surface area contributed by atoms with Crippen molar-refractivity contribution in [2.45, 2.75) is 6.10 Å². The molecule has 0 aliphatic rings. The molecular weight excluding hydrogens is 130 g/mol. The monoisotopic (exact) mass is 145 g/mol. The van der Waals surface area contributed by atoms with Gasteiger partial charge in [0, 0.05) is 13.1 Å². The summed E-state index contributed by atoms with van der Waals surface area (Å²) in [5.41, 5.74) is 0. The average Bonchev–Trinajstić information content (AvgIpc) is 1.88. The number of aliphatic hydroxyl groups is 2. The third kappa shape index (κ3) is 4.49. The summed E-state index contributed by atoms with van der Waals surface area (Å²) in [7, 11) is 1.86. The Hall–Kier alpha value is -0.380. The minimum absolute atomic E-state index is 0.179. The SMILES string of the molecule is C=CCN(C)CC(O)CO. The smallest absolute Gasteiger partial charge is 0.0897 e. The molecule has 0 amide bonds. The Labute approximate surface area is 61.6 Å². The van der Waals surface area contributed by atoms with Gasteiger partial charge in [0.1, 0.15) is 0 Å². The van der Waals surface area contributed by atoms with Crippen LogP contribution in [0.4, 0.5) is 0 Å². The number of rotatable bonds is 5. The van der Waals surface area contributed by atoms with Crippen LogP contribution < -0.4 is 0 Å². The van der Waals surface area contributed by atoms with Gasteiger partial charge in [-0.25, -0.2) is 0 Å². The van der Waals surface area contributed by atoms with E-state index in [4.69, 9.17) is 10.2 Å². The molecular formula is C7H15NO2. The van der Waals surface area contributed by atoms with E-state index < -0.39 is 6.10 Å². The van der Waals surface area contributed by atoms with E-state index in [1.807, 2.05) is 11.9 Å². The van der Waals surface area contributed by atoms with E-state index in [0.29, 0.717) is 6.54 Å². The number of likely N-dealkylation sites (N-methyl/N-ethyl adjacent to an activating group) is 1. The number of nitrogens with zero attached hydrogens (tertiary/aromatic N) is 1. The molecule has 3 nitrogen and oxygen atoms in total. The van der Waals surface area contributed by atoms with Gasteiger partial charge in [-0.15, -0.1) is 6.58 Å². The summed E-state index contributed by atoms with van der Waals surface area (Å²) in [5.74, 6) is 0. The molecule has 60 valence electrons. The molecule has 0 aliphatic carbocycles. The van der Waals surface area contributed by atoms with Crippen LogP contribution in [-0.2, 0) is 0 Å². The zero-order chi connectivity index (χ0) is 7.98. The van der Waals surface area contributed by atoms with Crippen LogP contribution in [0.2, 0.25) is 0 Å². The lowest BCUT2D eigenvalue weighted by molar-refractivity contribution is 0.0695. The highest BCUT2D eigenvalue weighted by Gasteiger charge is 2.03. The van der Waals surface area contributed by atoms with E-state index in [1.54, 1.807) is 6.08 Å². The van der Waals surface area contributed by atoms with Gasteiger partial charge in [0.25, 0.3) is 0 Å².